The van der Waals surface area contributed by atoms with Crippen molar-refractivity contribution in [2.75, 3.05) is 6.54 Å². The van der Waals surface area contributed by atoms with Crippen LogP contribution in [-0.4, -0.2) is 6.54 Å². The number of benzene rings is 1. The Kier molecular flexibility index (Phi) is 5.02. The molecule has 0 bridgehead atoms. The third-order valence-electron chi connectivity index (χ3n) is 2.68. The van der Waals surface area contributed by atoms with Gasteiger partial charge in [0.2, 0.25) is 0 Å². The Bertz CT molecular complexity index is 592. The number of thiophene rings is 1. The highest BCUT2D eigenvalue weighted by Crippen LogP contribution is 2.19. The van der Waals surface area contributed by atoms with Crippen molar-refractivity contribution >= 4 is 11.3 Å². The van der Waals surface area contributed by atoms with E-state index in [4.69, 9.17) is 10.5 Å². The summed E-state index contributed by atoms with van der Waals surface area (Å²) < 4.78 is 5.79. The fraction of sp³-hybridized carbons (Fsp3) is 0.250. The molecular weight excluding hydrogens is 254 g/mol. The smallest absolute Gasteiger partial charge is 0.122 e. The zero-order valence-electron chi connectivity index (χ0n) is 11.0. The summed E-state index contributed by atoms with van der Waals surface area (Å²) in [7, 11) is 0. The molecule has 2 rings (SSSR count). The Labute approximate surface area is 118 Å². The van der Waals surface area contributed by atoms with Crippen LogP contribution in [0.3, 0.4) is 0 Å². The van der Waals surface area contributed by atoms with Crippen molar-refractivity contribution in [2.24, 2.45) is 5.73 Å². The first-order chi connectivity index (χ1) is 9.31. The minimum Gasteiger partial charge on any atom is -0.488 e. The Hall–Kier alpha value is -1.76. The van der Waals surface area contributed by atoms with Crippen LogP contribution in [0.15, 0.2) is 35.7 Å². The predicted molar refractivity (Wildman–Crippen MR) is 80.4 cm³/mol. The van der Waals surface area contributed by atoms with Crippen molar-refractivity contribution in [2.45, 2.75) is 20.0 Å². The van der Waals surface area contributed by atoms with Crippen molar-refractivity contribution < 1.29 is 4.74 Å². The molecule has 0 amide bonds. The SMILES string of the molecule is CCc1cccc(OCc2cc(C#CCN)cs2)c1. The van der Waals surface area contributed by atoms with E-state index in [1.54, 1.807) is 11.3 Å². The lowest BCUT2D eigenvalue weighted by Gasteiger charge is -2.05. The Morgan fingerprint density at radius 3 is 3.00 bits per heavy atom. The Morgan fingerprint density at radius 2 is 2.21 bits per heavy atom. The van der Waals surface area contributed by atoms with E-state index in [1.165, 1.54) is 10.4 Å². The molecule has 2 N–H and O–H groups in total. The van der Waals surface area contributed by atoms with Crippen molar-refractivity contribution in [3.63, 3.8) is 0 Å². The lowest BCUT2D eigenvalue weighted by Crippen LogP contribution is -1.93. The quantitative estimate of drug-likeness (QED) is 0.867. The number of ether oxygens (including phenoxy) is 1. The van der Waals surface area contributed by atoms with Gasteiger partial charge in [-0.05, 0) is 30.2 Å². The normalized spacial score (nSPS) is 9.79. The molecule has 2 aromatic rings. The number of aryl methyl sites for hydroxylation is 1. The van der Waals surface area contributed by atoms with E-state index >= 15 is 0 Å². The summed E-state index contributed by atoms with van der Waals surface area (Å²) in [6.45, 7) is 3.12. The monoisotopic (exact) mass is 271 g/mol. The van der Waals surface area contributed by atoms with Gasteiger partial charge in [0, 0.05) is 15.8 Å². The topological polar surface area (TPSA) is 35.2 Å². The van der Waals surface area contributed by atoms with E-state index in [-0.39, 0.29) is 0 Å². The molecule has 1 aromatic heterocycles. The lowest BCUT2D eigenvalue weighted by atomic mass is 10.2. The first kappa shape index (κ1) is 13.7. The van der Waals surface area contributed by atoms with Gasteiger partial charge in [-0.3, -0.25) is 0 Å². The minimum atomic E-state index is 0.394. The second-order valence-corrected chi connectivity index (χ2v) is 5.09. The average Bonchev–Trinajstić information content (AvgIpc) is 2.91. The van der Waals surface area contributed by atoms with E-state index < -0.39 is 0 Å². The highest BCUT2D eigenvalue weighted by atomic mass is 32.1. The maximum absolute atomic E-state index is 5.79. The first-order valence-corrected chi connectivity index (χ1v) is 7.18. The van der Waals surface area contributed by atoms with Gasteiger partial charge in [-0.2, -0.15) is 0 Å². The van der Waals surface area contributed by atoms with Crippen LogP contribution < -0.4 is 10.5 Å². The van der Waals surface area contributed by atoms with E-state index in [0.717, 1.165) is 17.7 Å². The molecular formula is C16H17NOS. The highest BCUT2D eigenvalue weighted by Gasteiger charge is 2.00. The summed E-state index contributed by atoms with van der Waals surface area (Å²) in [5, 5.41) is 2.03. The number of hydrogen-bond donors (Lipinski definition) is 1. The van der Waals surface area contributed by atoms with Gasteiger partial charge in [0.1, 0.15) is 12.4 Å². The summed E-state index contributed by atoms with van der Waals surface area (Å²) in [6, 6.07) is 10.3. The summed E-state index contributed by atoms with van der Waals surface area (Å²) in [5.74, 6) is 6.79. The van der Waals surface area contributed by atoms with Gasteiger partial charge in [-0.1, -0.05) is 30.9 Å². The fourth-order valence-corrected chi connectivity index (χ4v) is 2.41. The van der Waals surface area contributed by atoms with Gasteiger partial charge in [0.15, 0.2) is 0 Å². The third-order valence-corrected chi connectivity index (χ3v) is 3.59. The first-order valence-electron chi connectivity index (χ1n) is 6.30. The molecule has 1 heterocycles. The zero-order chi connectivity index (χ0) is 13.5. The highest BCUT2D eigenvalue weighted by molar-refractivity contribution is 7.10. The Balaban J connectivity index is 1.96. The van der Waals surface area contributed by atoms with Crippen LogP contribution in [0, 0.1) is 11.8 Å². The molecule has 0 spiro atoms. The van der Waals surface area contributed by atoms with Gasteiger partial charge >= 0.3 is 0 Å². The van der Waals surface area contributed by atoms with Gasteiger partial charge in [0.05, 0.1) is 6.54 Å². The number of nitrogens with two attached hydrogens (primary N) is 1. The summed E-state index contributed by atoms with van der Waals surface area (Å²) in [6.07, 6.45) is 1.02. The molecule has 98 valence electrons. The van der Waals surface area contributed by atoms with Crippen molar-refractivity contribution in [3.05, 3.63) is 51.7 Å². The minimum absolute atomic E-state index is 0.394. The van der Waals surface area contributed by atoms with E-state index in [2.05, 4.69) is 37.0 Å². The Morgan fingerprint density at radius 1 is 1.32 bits per heavy atom. The predicted octanol–water partition coefficient (Wildman–Crippen LogP) is 3.20. The van der Waals surface area contributed by atoms with Crippen molar-refractivity contribution in [3.8, 4) is 17.6 Å². The van der Waals surface area contributed by atoms with Crippen LogP contribution in [0.25, 0.3) is 0 Å². The van der Waals surface area contributed by atoms with Gasteiger partial charge in [0.25, 0.3) is 0 Å². The molecule has 1 aromatic carbocycles. The van der Waals surface area contributed by atoms with Crippen LogP contribution in [-0.2, 0) is 13.0 Å². The van der Waals surface area contributed by atoms with Crippen LogP contribution in [0.4, 0.5) is 0 Å². The van der Waals surface area contributed by atoms with Crippen LogP contribution in [0.2, 0.25) is 0 Å². The van der Waals surface area contributed by atoms with Gasteiger partial charge in [-0.25, -0.2) is 0 Å². The standard InChI is InChI=1S/C16H17NOS/c1-2-13-5-3-7-15(9-13)18-11-16-10-14(12-19-16)6-4-8-17/h3,5,7,9-10,12H,2,8,11,17H2,1H3. The summed E-state index contributed by atoms with van der Waals surface area (Å²) in [4.78, 5) is 1.17. The fourth-order valence-electron chi connectivity index (χ4n) is 1.68. The molecule has 0 aliphatic carbocycles. The van der Waals surface area contributed by atoms with E-state index in [0.29, 0.717) is 13.2 Å². The second kappa shape index (κ2) is 6.98. The second-order valence-electron chi connectivity index (χ2n) is 4.10. The molecule has 0 saturated heterocycles. The molecule has 0 atom stereocenters. The molecule has 0 aliphatic heterocycles. The lowest BCUT2D eigenvalue weighted by molar-refractivity contribution is 0.309. The molecule has 2 nitrogen and oxygen atoms in total. The molecule has 0 fully saturated rings. The molecule has 3 heteroatoms. The molecule has 0 aliphatic rings. The number of hydrogen-bond acceptors (Lipinski definition) is 3. The summed E-state index contributed by atoms with van der Waals surface area (Å²) >= 11 is 1.66. The molecule has 0 saturated carbocycles. The maximum atomic E-state index is 5.79. The van der Waals surface area contributed by atoms with E-state index in [1.807, 2.05) is 17.5 Å². The van der Waals surface area contributed by atoms with Crippen molar-refractivity contribution in [1.82, 2.24) is 0 Å². The van der Waals surface area contributed by atoms with E-state index in [9.17, 15) is 0 Å². The van der Waals surface area contributed by atoms with Gasteiger partial charge < -0.3 is 10.5 Å². The maximum Gasteiger partial charge on any atom is 0.122 e. The largest absolute Gasteiger partial charge is 0.488 e. The van der Waals surface area contributed by atoms with Gasteiger partial charge in [-0.15, -0.1) is 11.3 Å². The molecule has 0 unspecified atom stereocenters. The number of rotatable bonds is 4. The zero-order valence-corrected chi connectivity index (χ0v) is 11.8. The third kappa shape index (κ3) is 4.13. The van der Waals surface area contributed by atoms with Crippen LogP contribution in [0.1, 0.15) is 22.9 Å². The molecule has 0 radical (unpaired) electrons. The van der Waals surface area contributed by atoms with Crippen molar-refractivity contribution in [1.29, 1.82) is 0 Å². The average molecular weight is 271 g/mol. The summed E-state index contributed by atoms with van der Waals surface area (Å²) in [5.41, 5.74) is 7.65. The molecule has 19 heavy (non-hydrogen) atoms. The van der Waals surface area contributed by atoms with Crippen LogP contribution >= 0.6 is 11.3 Å². The van der Waals surface area contributed by atoms with Crippen LogP contribution in [0.5, 0.6) is 5.75 Å².